The Kier molecular flexibility index (Phi) is 3.96. The summed E-state index contributed by atoms with van der Waals surface area (Å²) >= 11 is 0. The van der Waals surface area contributed by atoms with Crippen LogP contribution in [0.1, 0.15) is 44.9 Å². The monoisotopic (exact) mass is 280 g/mol. The molecule has 2 saturated heterocycles. The zero-order valence-corrected chi connectivity index (χ0v) is 11.9. The van der Waals surface area contributed by atoms with E-state index in [0.717, 1.165) is 6.42 Å². The summed E-state index contributed by atoms with van der Waals surface area (Å²) in [5, 5.41) is 12.5. The lowest BCUT2D eigenvalue weighted by Gasteiger charge is -2.32. The summed E-state index contributed by atoms with van der Waals surface area (Å²) < 4.78 is 0. The number of aliphatic carboxylic acids is 1. The molecule has 20 heavy (non-hydrogen) atoms. The number of carboxylic acids is 1. The number of piperidine rings is 1. The molecule has 3 fully saturated rings. The van der Waals surface area contributed by atoms with Gasteiger partial charge in [-0.25, -0.2) is 0 Å². The minimum absolute atomic E-state index is 0.0236. The number of hydrogen-bond acceptors (Lipinski definition) is 3. The maximum absolute atomic E-state index is 12.5. The molecular weight excluding hydrogens is 256 g/mol. The Bertz CT molecular complexity index is 377. The van der Waals surface area contributed by atoms with Gasteiger partial charge in [-0.15, -0.1) is 0 Å². The van der Waals surface area contributed by atoms with E-state index in [4.69, 9.17) is 5.11 Å². The van der Waals surface area contributed by atoms with Crippen LogP contribution in [0.25, 0.3) is 0 Å². The summed E-state index contributed by atoms with van der Waals surface area (Å²) in [6.07, 6.45) is 7.20. The molecule has 112 valence electrons. The standard InChI is InChI=1S/C15H24N2O3/c18-14(17-7-5-10(6-8-17)15(19)20)13-9-11-3-1-2-4-12(11)16-13/h10-13,16H,1-9H2,(H,19,20). The lowest BCUT2D eigenvalue weighted by molar-refractivity contribution is -0.146. The lowest BCUT2D eigenvalue weighted by Crippen LogP contribution is -2.48. The SMILES string of the molecule is O=C(O)C1CCN(C(=O)C2CC3CCCCC3N2)CC1. The Morgan fingerprint density at radius 1 is 1.05 bits per heavy atom. The van der Waals surface area contributed by atoms with Crippen molar-refractivity contribution >= 4 is 11.9 Å². The highest BCUT2D eigenvalue weighted by Crippen LogP contribution is 2.34. The van der Waals surface area contributed by atoms with Crippen LogP contribution >= 0.6 is 0 Å². The number of hydrogen-bond donors (Lipinski definition) is 2. The van der Waals surface area contributed by atoms with Gasteiger partial charge in [-0.2, -0.15) is 0 Å². The van der Waals surface area contributed by atoms with Gasteiger partial charge in [-0.1, -0.05) is 12.8 Å². The molecule has 0 radical (unpaired) electrons. The Balaban J connectivity index is 1.54. The number of nitrogens with zero attached hydrogens (tertiary/aromatic N) is 1. The molecule has 2 aliphatic heterocycles. The summed E-state index contributed by atoms with van der Waals surface area (Å²) in [4.78, 5) is 25.3. The maximum Gasteiger partial charge on any atom is 0.306 e. The number of nitrogens with one attached hydrogen (secondary N) is 1. The highest BCUT2D eigenvalue weighted by atomic mass is 16.4. The Morgan fingerprint density at radius 3 is 2.40 bits per heavy atom. The van der Waals surface area contributed by atoms with E-state index in [1.807, 2.05) is 4.90 Å². The van der Waals surface area contributed by atoms with E-state index >= 15 is 0 Å². The van der Waals surface area contributed by atoms with E-state index in [1.165, 1.54) is 25.7 Å². The normalized spacial score (nSPS) is 34.8. The Morgan fingerprint density at radius 2 is 1.75 bits per heavy atom. The van der Waals surface area contributed by atoms with Crippen LogP contribution in [0.15, 0.2) is 0 Å². The number of carboxylic acid groups (broad SMARTS) is 1. The van der Waals surface area contributed by atoms with Crippen molar-refractivity contribution in [3.8, 4) is 0 Å². The van der Waals surface area contributed by atoms with Gasteiger partial charge in [-0.3, -0.25) is 9.59 Å². The number of likely N-dealkylation sites (tertiary alicyclic amines) is 1. The molecule has 0 aromatic rings. The van der Waals surface area contributed by atoms with Gasteiger partial charge in [0.1, 0.15) is 0 Å². The van der Waals surface area contributed by atoms with Crippen molar-refractivity contribution in [1.29, 1.82) is 0 Å². The van der Waals surface area contributed by atoms with Gasteiger partial charge in [-0.05, 0) is 38.0 Å². The molecule has 0 aromatic heterocycles. The van der Waals surface area contributed by atoms with Crippen LogP contribution < -0.4 is 5.32 Å². The van der Waals surface area contributed by atoms with Crippen molar-refractivity contribution in [3.63, 3.8) is 0 Å². The predicted molar refractivity (Wildman–Crippen MR) is 74.2 cm³/mol. The van der Waals surface area contributed by atoms with Gasteiger partial charge < -0.3 is 15.3 Å². The Hall–Kier alpha value is -1.10. The molecule has 3 rings (SSSR count). The highest BCUT2D eigenvalue weighted by Gasteiger charge is 2.40. The van der Waals surface area contributed by atoms with Crippen LogP contribution in [0.4, 0.5) is 0 Å². The van der Waals surface area contributed by atoms with E-state index in [2.05, 4.69) is 5.32 Å². The molecule has 2 heterocycles. The maximum atomic E-state index is 12.5. The summed E-state index contributed by atoms with van der Waals surface area (Å²) in [7, 11) is 0. The molecule has 1 amide bonds. The van der Waals surface area contributed by atoms with Crippen molar-refractivity contribution < 1.29 is 14.7 Å². The number of fused-ring (bicyclic) bond motifs is 1. The average molecular weight is 280 g/mol. The summed E-state index contributed by atoms with van der Waals surface area (Å²) in [5.74, 6) is -0.113. The summed E-state index contributed by atoms with van der Waals surface area (Å²) in [6.45, 7) is 1.20. The van der Waals surface area contributed by atoms with Crippen LogP contribution in [0, 0.1) is 11.8 Å². The van der Waals surface area contributed by atoms with Crippen LogP contribution in [-0.4, -0.2) is 47.1 Å². The molecule has 1 aliphatic carbocycles. The first-order valence-electron chi connectivity index (χ1n) is 7.93. The third-order valence-corrected chi connectivity index (χ3v) is 5.32. The van der Waals surface area contributed by atoms with E-state index in [9.17, 15) is 9.59 Å². The average Bonchev–Trinajstić information content (AvgIpc) is 2.90. The quantitative estimate of drug-likeness (QED) is 0.798. The molecule has 0 aromatic carbocycles. The molecule has 2 N–H and O–H groups in total. The van der Waals surface area contributed by atoms with Gasteiger partial charge in [0.15, 0.2) is 0 Å². The van der Waals surface area contributed by atoms with E-state index in [-0.39, 0.29) is 17.9 Å². The Labute approximate surface area is 119 Å². The van der Waals surface area contributed by atoms with Crippen molar-refractivity contribution in [3.05, 3.63) is 0 Å². The second-order valence-corrected chi connectivity index (χ2v) is 6.54. The van der Waals surface area contributed by atoms with Crippen LogP contribution in [0.2, 0.25) is 0 Å². The fraction of sp³-hybridized carbons (Fsp3) is 0.867. The molecule has 5 nitrogen and oxygen atoms in total. The molecule has 0 spiro atoms. The molecule has 0 bridgehead atoms. The minimum Gasteiger partial charge on any atom is -0.481 e. The second-order valence-electron chi connectivity index (χ2n) is 6.54. The van der Waals surface area contributed by atoms with Crippen molar-refractivity contribution in [1.82, 2.24) is 10.2 Å². The van der Waals surface area contributed by atoms with Gasteiger partial charge >= 0.3 is 5.97 Å². The minimum atomic E-state index is -0.720. The van der Waals surface area contributed by atoms with Gasteiger partial charge in [0.05, 0.1) is 12.0 Å². The van der Waals surface area contributed by atoms with Gasteiger partial charge in [0.2, 0.25) is 5.91 Å². The third kappa shape index (κ3) is 2.68. The molecule has 1 saturated carbocycles. The number of carbonyl (C=O) groups is 2. The number of amides is 1. The molecule has 3 atom stereocenters. The van der Waals surface area contributed by atoms with Gasteiger partial charge in [0, 0.05) is 19.1 Å². The molecule has 3 unspecified atom stereocenters. The highest BCUT2D eigenvalue weighted by molar-refractivity contribution is 5.82. The smallest absolute Gasteiger partial charge is 0.306 e. The molecule has 5 heteroatoms. The third-order valence-electron chi connectivity index (χ3n) is 5.32. The van der Waals surface area contributed by atoms with E-state index in [1.54, 1.807) is 0 Å². The van der Waals surface area contributed by atoms with E-state index < -0.39 is 5.97 Å². The number of rotatable bonds is 2. The van der Waals surface area contributed by atoms with Gasteiger partial charge in [0.25, 0.3) is 0 Å². The first kappa shape index (κ1) is 13.9. The molecule has 3 aliphatic rings. The summed E-state index contributed by atoms with van der Waals surface area (Å²) in [5.41, 5.74) is 0. The van der Waals surface area contributed by atoms with Crippen molar-refractivity contribution in [2.24, 2.45) is 11.8 Å². The fourth-order valence-electron chi connectivity index (χ4n) is 4.08. The fourth-order valence-corrected chi connectivity index (χ4v) is 4.08. The first-order valence-corrected chi connectivity index (χ1v) is 7.93. The zero-order chi connectivity index (χ0) is 14.1. The van der Waals surface area contributed by atoms with Crippen LogP contribution in [0.5, 0.6) is 0 Å². The molecular formula is C15H24N2O3. The first-order chi connectivity index (χ1) is 9.65. The second kappa shape index (κ2) is 5.72. The van der Waals surface area contributed by atoms with Crippen LogP contribution in [0.3, 0.4) is 0 Å². The zero-order valence-electron chi connectivity index (χ0n) is 11.9. The summed E-state index contributed by atoms with van der Waals surface area (Å²) in [6, 6.07) is 0.513. The largest absolute Gasteiger partial charge is 0.481 e. The topological polar surface area (TPSA) is 69.6 Å². The lowest BCUT2D eigenvalue weighted by atomic mass is 9.85. The van der Waals surface area contributed by atoms with E-state index in [0.29, 0.717) is 37.9 Å². The number of carbonyl (C=O) groups excluding carboxylic acids is 1. The van der Waals surface area contributed by atoms with Crippen molar-refractivity contribution in [2.75, 3.05) is 13.1 Å². The van der Waals surface area contributed by atoms with Crippen LogP contribution in [-0.2, 0) is 9.59 Å². The van der Waals surface area contributed by atoms with Crippen molar-refractivity contribution in [2.45, 2.75) is 57.0 Å². The predicted octanol–water partition coefficient (Wildman–Crippen LogP) is 1.23.